The number of anilines is 1. The van der Waals surface area contributed by atoms with Crippen molar-refractivity contribution in [3.05, 3.63) is 42.5 Å². The quantitative estimate of drug-likeness (QED) is 0.180. The average molecular weight is 602 g/mol. The van der Waals surface area contributed by atoms with Crippen LogP contribution in [0, 0.1) is 0 Å². The number of carbonyl (C=O) groups is 1. The molecule has 4 N–H and O–H groups in total. The molecule has 0 aliphatic heterocycles. The largest absolute Gasteiger partial charge is 0.497 e. The normalized spacial score (nSPS) is 15.3. The summed E-state index contributed by atoms with van der Waals surface area (Å²) in [5.41, 5.74) is 4.79. The number of halogens is 3. The maximum atomic E-state index is 14.3. The third kappa shape index (κ3) is 8.38. The number of hydrogen-bond donors (Lipinski definition) is 3. The van der Waals surface area contributed by atoms with Crippen LogP contribution in [0.4, 0.5) is 19.0 Å². The van der Waals surface area contributed by atoms with Crippen LogP contribution in [0.15, 0.2) is 36.9 Å². The molecular weight excluding hydrogens is 566 g/mol. The molecule has 2 heterocycles. The van der Waals surface area contributed by atoms with E-state index >= 15 is 0 Å². The molecule has 3 aromatic rings. The molecule has 0 fully saturated rings. The van der Waals surface area contributed by atoms with Crippen molar-refractivity contribution in [1.82, 2.24) is 29.7 Å². The lowest BCUT2D eigenvalue weighted by atomic mass is 10.1. The number of hydrogen-bond acceptors (Lipinski definition) is 9. The molecule has 0 radical (unpaired) electrons. The van der Waals surface area contributed by atoms with Crippen molar-refractivity contribution in [2.45, 2.75) is 64.5 Å². The molecule has 226 valence electrons. The number of nitrogen functional groups attached to an aromatic ring is 1. The summed E-state index contributed by atoms with van der Waals surface area (Å²) in [7, 11) is -3.00. The number of fused-ring (bicyclic) bond motifs is 1. The monoisotopic (exact) mass is 601 g/mol. The second-order valence-electron chi connectivity index (χ2n) is 9.93. The van der Waals surface area contributed by atoms with Crippen LogP contribution < -0.4 is 20.6 Å². The van der Waals surface area contributed by atoms with E-state index < -0.39 is 43.6 Å². The maximum Gasteiger partial charge on any atom is 0.408 e. The highest BCUT2D eigenvalue weighted by Crippen LogP contribution is 2.47. The number of benzene rings is 1. The van der Waals surface area contributed by atoms with Crippen LogP contribution in [0.3, 0.4) is 0 Å². The van der Waals surface area contributed by atoms with Crippen molar-refractivity contribution in [2.24, 2.45) is 0 Å². The summed E-state index contributed by atoms with van der Waals surface area (Å²) in [6.07, 6.45) is -2.95. The van der Waals surface area contributed by atoms with Crippen LogP contribution in [0.25, 0.3) is 11.2 Å². The maximum absolute atomic E-state index is 14.3. The lowest BCUT2D eigenvalue weighted by molar-refractivity contribution is -0.153. The van der Waals surface area contributed by atoms with Crippen LogP contribution in [0.1, 0.15) is 45.7 Å². The third-order valence-corrected chi connectivity index (χ3v) is 8.03. The van der Waals surface area contributed by atoms with Gasteiger partial charge in [-0.15, -0.1) is 0 Å². The SMILES string of the molecule is CCCOC(=O)C(C)(C)NP(=O)(COC(C)Cn1cnc2c(N)ncnc21)N[C@H](c1cccc(OC)c1)C(F)(F)F. The smallest absolute Gasteiger partial charge is 0.408 e. The van der Waals surface area contributed by atoms with Gasteiger partial charge in [0.15, 0.2) is 11.5 Å². The molecule has 12 nitrogen and oxygen atoms in total. The Morgan fingerprint density at radius 3 is 2.61 bits per heavy atom. The number of imidazole rings is 1. The standard InChI is InChI=1S/C25H35F3N7O5P/c1-6-10-39-23(36)24(3,4)34-41(37,33-20(25(26,27)28)17-8-7-9-18(11-17)38-5)15-40-16(2)12-35-14-32-19-21(29)30-13-31-22(19)35/h7-9,11,13-14,16,20H,6,10,12,15H2,1-5H3,(H2,29,30,31)(H2,33,34,37)/t16?,20-,41?/m1/s1. The third-order valence-electron chi connectivity index (χ3n) is 5.92. The first kappa shape index (κ1) is 32.3. The van der Waals surface area contributed by atoms with Gasteiger partial charge in [-0.1, -0.05) is 19.1 Å². The van der Waals surface area contributed by atoms with Gasteiger partial charge in [-0.05, 0) is 44.9 Å². The Balaban J connectivity index is 1.89. The van der Waals surface area contributed by atoms with E-state index in [1.54, 1.807) is 18.4 Å². The molecule has 3 rings (SSSR count). The number of alkyl halides is 3. The number of rotatable bonds is 14. The van der Waals surface area contributed by atoms with Crippen LogP contribution in [0.2, 0.25) is 0 Å². The van der Waals surface area contributed by atoms with Gasteiger partial charge in [0.25, 0.3) is 0 Å². The lowest BCUT2D eigenvalue weighted by Gasteiger charge is -2.34. The highest BCUT2D eigenvalue weighted by atomic mass is 31.2. The van der Waals surface area contributed by atoms with E-state index in [0.29, 0.717) is 17.6 Å². The van der Waals surface area contributed by atoms with Crippen LogP contribution in [-0.4, -0.2) is 63.4 Å². The van der Waals surface area contributed by atoms with Crippen LogP contribution >= 0.6 is 7.44 Å². The zero-order valence-electron chi connectivity index (χ0n) is 23.4. The fourth-order valence-electron chi connectivity index (χ4n) is 3.93. The molecule has 0 aliphatic carbocycles. The van der Waals surface area contributed by atoms with E-state index in [4.69, 9.17) is 19.9 Å². The minimum atomic E-state index is -4.86. The van der Waals surface area contributed by atoms with Gasteiger partial charge in [0.2, 0.25) is 7.44 Å². The van der Waals surface area contributed by atoms with Crippen molar-refractivity contribution < 1.29 is 36.7 Å². The fourth-order valence-corrected chi connectivity index (χ4v) is 6.31. The summed E-state index contributed by atoms with van der Waals surface area (Å²) >= 11 is 0. The summed E-state index contributed by atoms with van der Waals surface area (Å²) in [4.78, 5) is 24.9. The topological polar surface area (TPSA) is 156 Å². The number of esters is 1. The highest BCUT2D eigenvalue weighted by molar-refractivity contribution is 7.59. The van der Waals surface area contributed by atoms with E-state index in [-0.39, 0.29) is 30.3 Å². The summed E-state index contributed by atoms with van der Waals surface area (Å²) in [5, 5.41) is 4.82. The second-order valence-corrected chi connectivity index (χ2v) is 12.1. The van der Waals surface area contributed by atoms with Gasteiger partial charge in [-0.2, -0.15) is 13.2 Å². The van der Waals surface area contributed by atoms with Gasteiger partial charge < -0.3 is 24.5 Å². The number of carbonyl (C=O) groups excluding carboxylic acids is 1. The number of ether oxygens (including phenoxy) is 3. The number of nitrogens with zero attached hydrogens (tertiary/aromatic N) is 4. The Morgan fingerprint density at radius 2 is 1.95 bits per heavy atom. The molecule has 41 heavy (non-hydrogen) atoms. The molecule has 0 amide bonds. The Labute approximate surface area is 235 Å². The molecular formula is C25H35F3N7O5P. The highest BCUT2D eigenvalue weighted by Gasteiger charge is 2.47. The first-order valence-electron chi connectivity index (χ1n) is 12.8. The predicted molar refractivity (Wildman–Crippen MR) is 146 cm³/mol. The molecule has 0 spiro atoms. The van der Waals surface area contributed by atoms with Crippen molar-refractivity contribution in [3.63, 3.8) is 0 Å². The van der Waals surface area contributed by atoms with Crippen molar-refractivity contribution >= 4 is 30.4 Å². The van der Waals surface area contributed by atoms with Crippen molar-refractivity contribution in [1.29, 1.82) is 0 Å². The summed E-state index contributed by atoms with van der Waals surface area (Å²) in [5.74, 6) is -0.402. The molecule has 2 unspecified atom stereocenters. The molecule has 3 atom stereocenters. The van der Waals surface area contributed by atoms with Gasteiger partial charge in [0, 0.05) is 0 Å². The Morgan fingerprint density at radius 1 is 1.22 bits per heavy atom. The van der Waals surface area contributed by atoms with Gasteiger partial charge in [0.1, 0.15) is 35.5 Å². The predicted octanol–water partition coefficient (Wildman–Crippen LogP) is 4.19. The molecule has 16 heteroatoms. The molecule has 2 aromatic heterocycles. The number of nitrogens with one attached hydrogen (secondary N) is 2. The molecule has 1 aromatic carbocycles. The van der Waals surface area contributed by atoms with E-state index in [9.17, 15) is 22.5 Å². The van der Waals surface area contributed by atoms with Crippen LogP contribution in [0.5, 0.6) is 5.75 Å². The van der Waals surface area contributed by atoms with Gasteiger partial charge in [-0.3, -0.25) is 9.36 Å². The number of nitrogens with two attached hydrogens (primary N) is 1. The van der Waals surface area contributed by atoms with Crippen LogP contribution in [-0.2, 0) is 25.4 Å². The van der Waals surface area contributed by atoms with E-state index in [1.165, 1.54) is 57.9 Å². The number of methoxy groups -OCH3 is 1. The zero-order valence-corrected chi connectivity index (χ0v) is 24.3. The molecule has 0 bridgehead atoms. The summed E-state index contributed by atoms with van der Waals surface area (Å²) < 4.78 is 74.9. The lowest BCUT2D eigenvalue weighted by Crippen LogP contribution is -2.50. The van der Waals surface area contributed by atoms with E-state index in [1.807, 2.05) is 0 Å². The van der Waals surface area contributed by atoms with Gasteiger partial charge in [-0.25, -0.2) is 25.1 Å². The molecule has 0 saturated carbocycles. The van der Waals surface area contributed by atoms with Gasteiger partial charge >= 0.3 is 12.1 Å². The summed E-state index contributed by atoms with van der Waals surface area (Å²) in [6.45, 7) is 6.44. The first-order chi connectivity index (χ1) is 19.2. The first-order valence-corrected chi connectivity index (χ1v) is 14.7. The Bertz CT molecular complexity index is 1390. The summed E-state index contributed by atoms with van der Waals surface area (Å²) in [6, 6.07) is 2.93. The fraction of sp³-hybridized carbons (Fsp3) is 0.520. The van der Waals surface area contributed by atoms with Crippen molar-refractivity contribution in [3.8, 4) is 5.75 Å². The molecule has 0 aliphatic rings. The van der Waals surface area contributed by atoms with Gasteiger partial charge in [0.05, 0.1) is 32.7 Å². The minimum absolute atomic E-state index is 0.0944. The second kappa shape index (κ2) is 13.1. The average Bonchev–Trinajstić information content (AvgIpc) is 3.32. The van der Waals surface area contributed by atoms with Crippen molar-refractivity contribution in [2.75, 3.05) is 25.8 Å². The van der Waals surface area contributed by atoms with E-state index in [2.05, 4.69) is 25.1 Å². The molecule has 0 saturated heterocycles. The Hall–Kier alpha value is -3.26. The number of aromatic nitrogens is 4. The minimum Gasteiger partial charge on any atom is -0.497 e. The Kier molecular flexibility index (Phi) is 10.3. The van der Waals surface area contributed by atoms with E-state index in [0.717, 1.165) is 0 Å². The zero-order chi connectivity index (χ0) is 30.4.